The molecule has 2 amide bonds. The third-order valence-corrected chi connectivity index (χ3v) is 9.10. The summed E-state index contributed by atoms with van der Waals surface area (Å²) in [6.45, 7) is 3.96. The summed E-state index contributed by atoms with van der Waals surface area (Å²) in [5, 5.41) is 14.6. The molecule has 3 atom stereocenters. The molecule has 5 rings (SSSR count). The van der Waals surface area contributed by atoms with E-state index in [-0.39, 0.29) is 35.8 Å². The fourth-order valence-electron chi connectivity index (χ4n) is 5.88. The molecule has 0 spiro atoms. The van der Waals surface area contributed by atoms with Crippen molar-refractivity contribution < 1.29 is 42.2 Å². The number of nitrogens with zero attached hydrogens (tertiary/aromatic N) is 4. The minimum absolute atomic E-state index is 0.0117. The molecule has 3 aliphatic heterocycles. The Morgan fingerprint density at radius 1 is 1.27 bits per heavy atom. The Morgan fingerprint density at radius 2 is 2.00 bits per heavy atom. The van der Waals surface area contributed by atoms with Crippen LogP contribution < -0.4 is 5.32 Å². The number of carbonyl (C=O) groups is 4. The number of aromatic nitrogens is 1. The molecule has 2 aromatic rings. The van der Waals surface area contributed by atoms with Gasteiger partial charge in [0.05, 0.1) is 30.1 Å². The SMILES string of the molecule is CCOC(=O)C1=C(CN2CC(F)(F)[C@@H]3CN(C(=O)CC(C)(C)C(=O)O)C(=O)[C@@H]32)NC(c2nccs2)=N[C@H]1c1cccc(F)c1C. The first kappa shape index (κ1) is 32.3. The Labute approximate surface area is 260 Å². The molecule has 0 unspecified atom stereocenters. The number of carboxylic acid groups (broad SMARTS) is 1. The molecule has 2 N–H and O–H groups in total. The van der Waals surface area contributed by atoms with E-state index in [2.05, 4.69) is 10.3 Å². The van der Waals surface area contributed by atoms with E-state index in [1.54, 1.807) is 18.4 Å². The van der Waals surface area contributed by atoms with Crippen molar-refractivity contribution in [2.75, 3.05) is 26.2 Å². The number of halogens is 3. The van der Waals surface area contributed by atoms with Crippen LogP contribution in [0.3, 0.4) is 0 Å². The van der Waals surface area contributed by atoms with Crippen LogP contribution in [-0.2, 0) is 23.9 Å². The molecular formula is C30H32F3N5O6S. The zero-order chi connectivity index (χ0) is 32.8. The fourth-order valence-corrected chi connectivity index (χ4v) is 6.46. The first-order chi connectivity index (χ1) is 21.2. The molecule has 2 fully saturated rings. The molecular weight excluding hydrogens is 615 g/mol. The lowest BCUT2D eigenvalue weighted by molar-refractivity contribution is -0.154. The van der Waals surface area contributed by atoms with Gasteiger partial charge in [-0.05, 0) is 44.9 Å². The molecule has 0 radical (unpaired) electrons. The quantitative estimate of drug-likeness (QED) is 0.392. The van der Waals surface area contributed by atoms with Gasteiger partial charge in [0.25, 0.3) is 5.92 Å². The Bertz CT molecular complexity index is 1610. The van der Waals surface area contributed by atoms with Crippen LogP contribution in [0.15, 0.2) is 46.0 Å². The van der Waals surface area contributed by atoms with Crippen molar-refractivity contribution in [3.63, 3.8) is 0 Å². The monoisotopic (exact) mass is 647 g/mol. The topological polar surface area (TPSA) is 142 Å². The minimum Gasteiger partial charge on any atom is -0.481 e. The van der Waals surface area contributed by atoms with Crippen molar-refractivity contribution in [2.45, 2.75) is 52.1 Å². The standard InChI is InChI=1S/C30H32F3N5O6S/c1-5-44-27(41)21-19(35-24(25-34-9-10-45-25)36-22(21)16-7-6-8-18(31)15(16)2)13-37-14-30(32,33)17-12-38(26(40)23(17)37)20(39)11-29(3,4)28(42)43/h6-10,17,22-23H,5,11-14H2,1-4H3,(H,35,36)(H,42,43)/t17-,22+,23-/m1/s1. The maximum absolute atomic E-state index is 15.5. The van der Waals surface area contributed by atoms with Crippen LogP contribution in [0.5, 0.6) is 0 Å². The Kier molecular flexibility index (Phi) is 8.61. The lowest BCUT2D eigenvalue weighted by Gasteiger charge is -2.31. The van der Waals surface area contributed by atoms with E-state index in [0.29, 0.717) is 15.5 Å². The fraction of sp³-hybridized carbons (Fsp3) is 0.467. The summed E-state index contributed by atoms with van der Waals surface area (Å²) in [5.41, 5.74) is -0.865. The maximum atomic E-state index is 15.5. The molecule has 0 aliphatic carbocycles. The van der Waals surface area contributed by atoms with Gasteiger partial charge in [0.2, 0.25) is 11.8 Å². The number of alkyl halides is 2. The first-order valence-electron chi connectivity index (χ1n) is 14.3. The Balaban J connectivity index is 1.55. The maximum Gasteiger partial charge on any atom is 0.338 e. The highest BCUT2D eigenvalue weighted by Crippen LogP contribution is 2.44. The predicted octanol–water partition coefficient (Wildman–Crippen LogP) is 3.30. The van der Waals surface area contributed by atoms with E-state index >= 15 is 8.78 Å². The van der Waals surface area contributed by atoms with Crippen molar-refractivity contribution in [2.24, 2.45) is 16.3 Å². The van der Waals surface area contributed by atoms with Crippen LogP contribution in [-0.4, -0.2) is 87.7 Å². The predicted molar refractivity (Wildman–Crippen MR) is 156 cm³/mol. The zero-order valence-corrected chi connectivity index (χ0v) is 25.8. The second kappa shape index (κ2) is 12.0. The number of aliphatic imine (C=N–C) groups is 1. The van der Waals surface area contributed by atoms with Gasteiger partial charge < -0.3 is 15.2 Å². The molecule has 0 saturated carbocycles. The number of amides is 2. The van der Waals surface area contributed by atoms with Crippen LogP contribution in [0.25, 0.3) is 0 Å². The van der Waals surface area contributed by atoms with E-state index in [9.17, 15) is 28.7 Å². The number of benzene rings is 1. The number of esters is 1. The van der Waals surface area contributed by atoms with E-state index in [1.165, 1.54) is 55.3 Å². The number of thiazole rings is 1. The number of hydrogen-bond acceptors (Lipinski definition) is 10. The lowest BCUT2D eigenvalue weighted by Crippen LogP contribution is -2.47. The van der Waals surface area contributed by atoms with Gasteiger partial charge in [-0.2, -0.15) is 0 Å². The summed E-state index contributed by atoms with van der Waals surface area (Å²) in [5.74, 6) is -9.05. The summed E-state index contributed by atoms with van der Waals surface area (Å²) >= 11 is 1.23. The summed E-state index contributed by atoms with van der Waals surface area (Å²) in [6, 6.07) is 1.83. The zero-order valence-electron chi connectivity index (χ0n) is 25.0. The van der Waals surface area contributed by atoms with E-state index in [1.807, 2.05) is 0 Å². The molecule has 15 heteroatoms. The van der Waals surface area contributed by atoms with Crippen molar-refractivity contribution in [3.05, 3.63) is 63.0 Å². The number of carboxylic acids is 1. The van der Waals surface area contributed by atoms with Crippen molar-refractivity contribution >= 4 is 40.9 Å². The summed E-state index contributed by atoms with van der Waals surface area (Å²) < 4.78 is 51.0. The highest BCUT2D eigenvalue weighted by molar-refractivity contribution is 7.11. The molecule has 11 nitrogen and oxygen atoms in total. The number of amidine groups is 1. The van der Waals surface area contributed by atoms with Crippen LogP contribution in [0.4, 0.5) is 13.2 Å². The number of imide groups is 1. The molecule has 4 heterocycles. The smallest absolute Gasteiger partial charge is 0.338 e. The second-order valence-corrected chi connectivity index (χ2v) is 12.7. The van der Waals surface area contributed by atoms with E-state index in [4.69, 9.17) is 9.73 Å². The minimum atomic E-state index is -3.39. The molecule has 2 saturated heterocycles. The number of rotatable bonds is 9. The number of ether oxygens (including phenoxy) is 1. The third kappa shape index (κ3) is 5.98. The highest BCUT2D eigenvalue weighted by atomic mass is 32.1. The summed E-state index contributed by atoms with van der Waals surface area (Å²) in [6.07, 6.45) is 0.984. The molecule has 0 bridgehead atoms. The van der Waals surface area contributed by atoms with E-state index < -0.39 is 78.4 Å². The van der Waals surface area contributed by atoms with E-state index in [0.717, 1.165) is 0 Å². The number of nitrogens with one attached hydrogen (secondary N) is 1. The molecule has 45 heavy (non-hydrogen) atoms. The Hall–Kier alpha value is -4.11. The number of likely N-dealkylation sites (tertiary alicyclic amines) is 2. The third-order valence-electron chi connectivity index (χ3n) is 8.32. The van der Waals surface area contributed by atoms with Gasteiger partial charge in [-0.15, -0.1) is 11.3 Å². The number of fused-ring (bicyclic) bond motifs is 1. The summed E-state index contributed by atoms with van der Waals surface area (Å²) in [7, 11) is 0. The van der Waals surface area contributed by atoms with Crippen molar-refractivity contribution in [3.8, 4) is 0 Å². The molecule has 240 valence electrons. The van der Waals surface area contributed by atoms with Gasteiger partial charge in [-0.25, -0.2) is 22.9 Å². The highest BCUT2D eigenvalue weighted by Gasteiger charge is 2.63. The molecule has 1 aromatic heterocycles. The van der Waals surface area contributed by atoms with Gasteiger partial charge in [-0.1, -0.05) is 12.1 Å². The van der Waals surface area contributed by atoms with Crippen LogP contribution in [0, 0.1) is 24.1 Å². The Morgan fingerprint density at radius 3 is 2.64 bits per heavy atom. The molecule has 1 aromatic carbocycles. The average Bonchev–Trinajstić information content (AvgIpc) is 3.67. The van der Waals surface area contributed by atoms with Crippen molar-refractivity contribution in [1.82, 2.24) is 20.1 Å². The largest absolute Gasteiger partial charge is 0.481 e. The van der Waals surface area contributed by atoms with Gasteiger partial charge >= 0.3 is 11.9 Å². The number of aliphatic carboxylic acids is 1. The summed E-state index contributed by atoms with van der Waals surface area (Å²) in [4.78, 5) is 62.5. The second-order valence-electron chi connectivity index (χ2n) is 11.8. The lowest BCUT2D eigenvalue weighted by atomic mass is 9.89. The van der Waals surface area contributed by atoms with Crippen LogP contribution in [0.1, 0.15) is 49.4 Å². The van der Waals surface area contributed by atoms with Gasteiger partial charge in [0.15, 0.2) is 10.8 Å². The van der Waals surface area contributed by atoms with Crippen LogP contribution in [0.2, 0.25) is 0 Å². The van der Waals surface area contributed by atoms with Crippen molar-refractivity contribution in [1.29, 1.82) is 0 Å². The van der Waals surface area contributed by atoms with Gasteiger partial charge in [0, 0.05) is 36.8 Å². The van der Waals surface area contributed by atoms with Crippen LogP contribution >= 0.6 is 11.3 Å². The van der Waals surface area contributed by atoms with Gasteiger partial charge in [0.1, 0.15) is 17.9 Å². The first-order valence-corrected chi connectivity index (χ1v) is 15.1. The average molecular weight is 648 g/mol. The van der Waals surface area contributed by atoms with Gasteiger partial charge in [-0.3, -0.25) is 29.2 Å². The number of carbonyl (C=O) groups excluding carboxylic acids is 3. The number of hydrogen-bond donors (Lipinski definition) is 2. The molecule has 3 aliphatic rings. The normalized spacial score (nSPS) is 23.1.